The van der Waals surface area contributed by atoms with Crippen LogP contribution in [0.4, 0.5) is 0 Å². The molecule has 1 aromatic heterocycles. The van der Waals surface area contributed by atoms with Crippen molar-refractivity contribution in [2.75, 3.05) is 0 Å². The van der Waals surface area contributed by atoms with Crippen molar-refractivity contribution in [1.29, 1.82) is 0 Å². The first-order valence-corrected chi connectivity index (χ1v) is 17.7. The van der Waals surface area contributed by atoms with E-state index in [1.807, 2.05) is 66.7 Å². The van der Waals surface area contributed by atoms with Crippen LogP contribution in [0, 0.1) is 0 Å². The van der Waals surface area contributed by atoms with E-state index in [1.165, 1.54) is 0 Å². The molecule has 0 aliphatic carbocycles. The molecule has 1 heteroatoms. The van der Waals surface area contributed by atoms with Crippen molar-refractivity contribution >= 4 is 65.0 Å². The molecule has 252 valence electrons. The van der Waals surface area contributed by atoms with Crippen LogP contribution >= 0.6 is 0 Å². The van der Waals surface area contributed by atoms with Crippen LogP contribution in [-0.2, 0) is 6.42 Å². The maximum Gasteiger partial charge on any atom is 0.136 e. The predicted octanol–water partition coefficient (Wildman–Crippen LogP) is 14.8. The van der Waals surface area contributed by atoms with Gasteiger partial charge in [-0.05, 0) is 112 Å². The maximum atomic E-state index is 9.43. The number of hydrogen-bond donors (Lipinski definition) is 0. The largest absolute Gasteiger partial charge is 0.456 e. The van der Waals surface area contributed by atoms with Gasteiger partial charge in [0.05, 0.1) is 17.8 Å². The van der Waals surface area contributed by atoms with Gasteiger partial charge < -0.3 is 4.42 Å². The average molecular weight is 700 g/mol. The quantitative estimate of drug-likeness (QED) is 0.163. The normalized spacial score (nSPS) is 15.1. The fourth-order valence-corrected chi connectivity index (χ4v) is 8.14. The zero-order valence-electron chi connectivity index (χ0n) is 41.6. The lowest BCUT2D eigenvalue weighted by Crippen LogP contribution is -1.96. The van der Waals surface area contributed by atoms with Crippen molar-refractivity contribution in [3.8, 4) is 33.4 Å². The topological polar surface area (TPSA) is 13.1 Å². The summed E-state index contributed by atoms with van der Waals surface area (Å²) in [6, 6.07) is 30.7. The van der Waals surface area contributed by atoms with E-state index in [9.17, 15) is 5.48 Å². The molecule has 0 bridgehead atoms. The van der Waals surface area contributed by atoms with Gasteiger partial charge in [0, 0.05) is 10.8 Å². The van der Waals surface area contributed by atoms with Crippen molar-refractivity contribution in [1.82, 2.24) is 0 Å². The molecule has 10 aromatic carbocycles. The Morgan fingerprint density at radius 1 is 0.407 bits per heavy atom. The van der Waals surface area contributed by atoms with Gasteiger partial charge in [0.25, 0.3) is 0 Å². The van der Waals surface area contributed by atoms with Gasteiger partial charge in [0.2, 0.25) is 0 Å². The smallest absolute Gasteiger partial charge is 0.136 e. The number of furan rings is 1. The van der Waals surface area contributed by atoms with E-state index in [0.717, 1.165) is 54.8 Å². The maximum absolute atomic E-state index is 9.43. The summed E-state index contributed by atoms with van der Waals surface area (Å²) < 4.78 is 122. The molecule has 0 atom stereocenters. The van der Waals surface area contributed by atoms with Crippen molar-refractivity contribution < 1.29 is 22.2 Å². The molecular formula is C53H34O. The minimum absolute atomic E-state index is 0.0186. The highest BCUT2D eigenvalue weighted by Gasteiger charge is 2.20. The molecule has 0 radical (unpaired) electrons. The van der Waals surface area contributed by atoms with Gasteiger partial charge in [-0.25, -0.2) is 0 Å². The monoisotopic (exact) mass is 699 g/mol. The first kappa shape index (κ1) is 20.3. The molecule has 0 unspecified atom stereocenters. The van der Waals surface area contributed by atoms with Crippen LogP contribution in [0.3, 0.4) is 0 Å². The van der Waals surface area contributed by atoms with Crippen LogP contribution in [-0.4, -0.2) is 0 Å². The molecule has 0 saturated carbocycles. The summed E-state index contributed by atoms with van der Waals surface area (Å²) in [4.78, 5) is 0. The van der Waals surface area contributed by atoms with Crippen LogP contribution in [0.15, 0.2) is 198 Å². The Balaban J connectivity index is 1.19. The highest BCUT2D eigenvalue weighted by atomic mass is 16.3. The van der Waals surface area contributed by atoms with Crippen molar-refractivity contribution in [3.63, 3.8) is 0 Å². The van der Waals surface area contributed by atoms with E-state index in [1.54, 1.807) is 6.07 Å². The SMILES string of the molecule is [2H]c1c([2H])c([2H])c(Cc2c3c([2H])c([2H])c([2H])c([2H])c3c(-c3ccc(-c4ccc5c(c4)oc4cccc(-c6cccc7ccccc67)c45)c4ccccc34)c3c([2H])c([2H])c([2H])c([2H])c23)c([2H])c1[2H]. The minimum atomic E-state index is -0.619. The Morgan fingerprint density at radius 3 is 1.80 bits per heavy atom. The lowest BCUT2D eigenvalue weighted by molar-refractivity contribution is 0.669. The molecular weight excluding hydrogens is 653 g/mol. The minimum Gasteiger partial charge on any atom is -0.456 e. The zero-order valence-corrected chi connectivity index (χ0v) is 28.6. The summed E-state index contributed by atoms with van der Waals surface area (Å²) >= 11 is 0. The molecule has 0 saturated heterocycles. The van der Waals surface area contributed by atoms with Gasteiger partial charge in [0.15, 0.2) is 0 Å². The second kappa shape index (κ2) is 12.3. The zero-order chi connectivity index (χ0) is 46.9. The molecule has 0 aliphatic rings. The third kappa shape index (κ3) is 4.79. The number of rotatable bonds is 5. The van der Waals surface area contributed by atoms with E-state index in [-0.39, 0.29) is 38.2 Å². The van der Waals surface area contributed by atoms with Crippen LogP contribution in [0.1, 0.15) is 28.9 Å². The van der Waals surface area contributed by atoms with Gasteiger partial charge in [-0.1, -0.05) is 176 Å². The van der Waals surface area contributed by atoms with Gasteiger partial charge in [-0.15, -0.1) is 0 Å². The lowest BCUT2D eigenvalue weighted by Gasteiger charge is -2.19. The van der Waals surface area contributed by atoms with Crippen LogP contribution in [0.2, 0.25) is 0 Å². The Morgan fingerprint density at radius 2 is 1.02 bits per heavy atom. The highest BCUT2D eigenvalue weighted by Crippen LogP contribution is 2.45. The van der Waals surface area contributed by atoms with Crippen molar-refractivity contribution in [2.24, 2.45) is 0 Å². The van der Waals surface area contributed by atoms with Gasteiger partial charge in [0.1, 0.15) is 11.2 Å². The fourth-order valence-electron chi connectivity index (χ4n) is 8.14. The Labute approximate surface area is 331 Å². The Kier molecular flexibility index (Phi) is 4.64. The first-order chi connectivity index (χ1) is 32.2. The average Bonchev–Trinajstić information content (AvgIpc) is 3.73. The van der Waals surface area contributed by atoms with E-state index in [2.05, 4.69) is 42.5 Å². The molecule has 0 aliphatic heterocycles. The lowest BCUT2D eigenvalue weighted by atomic mass is 9.84. The summed E-state index contributed by atoms with van der Waals surface area (Å²) in [5, 5.41) is 5.33. The molecule has 0 N–H and O–H groups in total. The first-order valence-electron chi connectivity index (χ1n) is 24.2. The van der Waals surface area contributed by atoms with Crippen LogP contribution in [0.25, 0.3) is 98.4 Å². The van der Waals surface area contributed by atoms with Crippen LogP contribution in [0.5, 0.6) is 0 Å². The molecule has 0 fully saturated rings. The van der Waals surface area contributed by atoms with Gasteiger partial charge >= 0.3 is 0 Å². The standard InChI is InChI=1S/C53H34O/c1-2-14-34(15-3-1)32-49-42-21-8-10-23-44(42)52(45-24-11-9-22-43(45)49)47-31-30-38(39-19-6-7-20-41(39)47)36-28-29-48-51(33-36)54-50-27-13-26-46(53(48)50)40-25-12-17-35-16-4-5-18-37(35)40/h1-31,33H,32H2/i1D,2D,3D,8D,9D,10D,11D,14D,15D,21D,22D,23D,24D. The summed E-state index contributed by atoms with van der Waals surface area (Å²) in [6.07, 6.45) is -0.499. The Hall–Kier alpha value is -6.96. The van der Waals surface area contributed by atoms with Crippen molar-refractivity contribution in [3.05, 3.63) is 205 Å². The van der Waals surface area contributed by atoms with Gasteiger partial charge in [-0.3, -0.25) is 0 Å². The summed E-state index contributed by atoms with van der Waals surface area (Å²) in [5.74, 6) is 0. The molecule has 1 heterocycles. The predicted molar refractivity (Wildman–Crippen MR) is 229 cm³/mol. The summed E-state index contributed by atoms with van der Waals surface area (Å²) in [5.41, 5.74) is 5.55. The Bertz CT molecular complexity index is 3890. The number of fused-ring (bicyclic) bond motifs is 7. The third-order valence-corrected chi connectivity index (χ3v) is 10.5. The van der Waals surface area contributed by atoms with E-state index < -0.39 is 85.0 Å². The molecule has 11 rings (SSSR count). The van der Waals surface area contributed by atoms with E-state index >= 15 is 0 Å². The van der Waals surface area contributed by atoms with E-state index in [4.69, 9.17) is 16.8 Å². The van der Waals surface area contributed by atoms with Crippen molar-refractivity contribution in [2.45, 2.75) is 6.42 Å². The third-order valence-electron chi connectivity index (χ3n) is 10.5. The second-order valence-corrected chi connectivity index (χ2v) is 13.4. The molecule has 0 amide bonds. The molecule has 0 spiro atoms. The molecule has 54 heavy (non-hydrogen) atoms. The fraction of sp³-hybridized carbons (Fsp3) is 0.0189. The second-order valence-electron chi connectivity index (χ2n) is 13.4. The molecule has 1 nitrogen and oxygen atoms in total. The molecule has 11 aromatic rings. The number of benzene rings is 10. The summed E-state index contributed by atoms with van der Waals surface area (Å²) in [6.45, 7) is 0. The van der Waals surface area contributed by atoms with Gasteiger partial charge in [-0.2, -0.15) is 0 Å². The number of hydrogen-bond acceptors (Lipinski definition) is 1. The highest BCUT2D eigenvalue weighted by molar-refractivity contribution is 6.20. The van der Waals surface area contributed by atoms with Crippen LogP contribution < -0.4 is 0 Å². The van der Waals surface area contributed by atoms with E-state index in [0.29, 0.717) is 16.5 Å². The summed E-state index contributed by atoms with van der Waals surface area (Å²) in [7, 11) is 0.